The molecule has 9 heteroatoms. The van der Waals surface area contributed by atoms with Gasteiger partial charge in [-0.05, 0) is 43.2 Å². The number of piperidine rings is 1. The smallest absolute Gasteiger partial charge is 0.233 e. The van der Waals surface area contributed by atoms with E-state index in [0.29, 0.717) is 31.1 Å². The van der Waals surface area contributed by atoms with Gasteiger partial charge in [0, 0.05) is 25.5 Å². The minimum Gasteiger partial charge on any atom is -0.342 e. The molecular formula is C17H18FN3O3S2. The number of benzene rings is 1. The summed E-state index contributed by atoms with van der Waals surface area (Å²) in [6.45, 7) is 0.778. The molecule has 0 spiro atoms. The van der Waals surface area contributed by atoms with Crippen molar-refractivity contribution in [3.05, 3.63) is 48.5 Å². The molecule has 0 unspecified atom stereocenters. The Bertz CT molecular complexity index is 853. The number of nitrogens with zero attached hydrogens (tertiary/aromatic N) is 3. The summed E-state index contributed by atoms with van der Waals surface area (Å²) in [5, 5.41) is -0.0169. The number of amides is 1. The molecule has 3 rings (SSSR count). The van der Waals surface area contributed by atoms with E-state index in [1.165, 1.54) is 23.9 Å². The van der Waals surface area contributed by atoms with Gasteiger partial charge in [-0.25, -0.2) is 22.8 Å². The molecule has 0 saturated carbocycles. The molecule has 1 aromatic heterocycles. The van der Waals surface area contributed by atoms with Crippen molar-refractivity contribution in [3.63, 3.8) is 0 Å². The summed E-state index contributed by atoms with van der Waals surface area (Å²) in [6, 6.07) is 6.58. The molecule has 138 valence electrons. The fraction of sp³-hybridized carbons (Fsp3) is 0.353. The summed E-state index contributed by atoms with van der Waals surface area (Å²) in [5.74, 6) is -0.302. The van der Waals surface area contributed by atoms with Crippen molar-refractivity contribution in [2.45, 2.75) is 28.1 Å². The fourth-order valence-corrected chi connectivity index (χ4v) is 5.25. The SMILES string of the molecule is O=C(CSc1ncccn1)N1CCC(S(=O)(=O)c2ccc(F)cc2)CC1. The normalized spacial score (nSPS) is 15.8. The lowest BCUT2D eigenvalue weighted by molar-refractivity contribution is -0.129. The molecular weight excluding hydrogens is 377 g/mol. The van der Waals surface area contributed by atoms with Crippen LogP contribution in [0.4, 0.5) is 4.39 Å². The number of halogens is 1. The highest BCUT2D eigenvalue weighted by molar-refractivity contribution is 7.99. The van der Waals surface area contributed by atoms with Gasteiger partial charge in [0.25, 0.3) is 0 Å². The van der Waals surface area contributed by atoms with Gasteiger partial charge in [-0.3, -0.25) is 4.79 Å². The second-order valence-electron chi connectivity index (χ2n) is 5.90. The second-order valence-corrected chi connectivity index (χ2v) is 9.07. The minimum absolute atomic E-state index is 0.0555. The van der Waals surface area contributed by atoms with Gasteiger partial charge in [-0.1, -0.05) is 11.8 Å². The molecule has 1 aliphatic rings. The van der Waals surface area contributed by atoms with Crippen LogP contribution in [0.25, 0.3) is 0 Å². The average Bonchev–Trinajstić information content (AvgIpc) is 2.67. The van der Waals surface area contributed by atoms with Gasteiger partial charge in [0.15, 0.2) is 15.0 Å². The highest BCUT2D eigenvalue weighted by Gasteiger charge is 2.32. The molecule has 0 aliphatic carbocycles. The Kier molecular flexibility index (Phi) is 5.87. The van der Waals surface area contributed by atoms with Crippen LogP contribution in [-0.2, 0) is 14.6 Å². The fourth-order valence-electron chi connectivity index (χ4n) is 2.81. The third-order valence-corrected chi connectivity index (χ3v) is 7.38. The van der Waals surface area contributed by atoms with Crippen molar-refractivity contribution < 1.29 is 17.6 Å². The number of hydrogen-bond donors (Lipinski definition) is 0. The Morgan fingerprint density at radius 2 is 1.77 bits per heavy atom. The molecule has 1 fully saturated rings. The van der Waals surface area contributed by atoms with E-state index in [4.69, 9.17) is 0 Å². The number of carbonyl (C=O) groups excluding carboxylic acids is 1. The summed E-state index contributed by atoms with van der Waals surface area (Å²) in [6.07, 6.45) is 3.98. The molecule has 0 N–H and O–H groups in total. The van der Waals surface area contributed by atoms with Gasteiger partial charge < -0.3 is 4.90 Å². The van der Waals surface area contributed by atoms with E-state index in [0.717, 1.165) is 12.1 Å². The number of aromatic nitrogens is 2. The Balaban J connectivity index is 1.55. The van der Waals surface area contributed by atoms with Gasteiger partial charge in [-0.15, -0.1) is 0 Å². The molecule has 0 radical (unpaired) electrons. The molecule has 1 amide bonds. The Morgan fingerprint density at radius 3 is 2.38 bits per heavy atom. The van der Waals surface area contributed by atoms with Crippen LogP contribution in [0.2, 0.25) is 0 Å². The predicted molar refractivity (Wildman–Crippen MR) is 95.9 cm³/mol. The van der Waals surface area contributed by atoms with Crippen molar-refractivity contribution in [1.82, 2.24) is 14.9 Å². The summed E-state index contributed by atoms with van der Waals surface area (Å²) in [4.78, 5) is 22.2. The molecule has 0 atom stereocenters. The first-order valence-corrected chi connectivity index (χ1v) is 10.7. The zero-order valence-corrected chi connectivity index (χ0v) is 15.5. The van der Waals surface area contributed by atoms with Gasteiger partial charge in [0.1, 0.15) is 5.82 Å². The van der Waals surface area contributed by atoms with Crippen LogP contribution in [0.3, 0.4) is 0 Å². The highest BCUT2D eigenvalue weighted by atomic mass is 32.2. The maximum atomic E-state index is 13.0. The van der Waals surface area contributed by atoms with Gasteiger partial charge in [0.2, 0.25) is 5.91 Å². The number of rotatable bonds is 5. The monoisotopic (exact) mass is 395 g/mol. The van der Waals surface area contributed by atoms with Crippen molar-refractivity contribution in [3.8, 4) is 0 Å². The van der Waals surface area contributed by atoms with E-state index in [9.17, 15) is 17.6 Å². The van der Waals surface area contributed by atoms with Gasteiger partial charge in [0.05, 0.1) is 15.9 Å². The zero-order valence-electron chi connectivity index (χ0n) is 13.9. The standard InChI is InChI=1S/C17H18FN3O3S2/c18-13-2-4-14(5-3-13)26(23,24)15-6-10-21(11-7-15)16(22)12-25-17-19-8-1-9-20-17/h1-5,8-9,15H,6-7,10-12H2. The van der Waals surface area contributed by atoms with E-state index < -0.39 is 20.9 Å². The Hall–Kier alpha value is -2.00. The number of thioether (sulfide) groups is 1. The quantitative estimate of drug-likeness (QED) is 0.439. The summed E-state index contributed by atoms with van der Waals surface area (Å²) < 4.78 is 38.3. The maximum Gasteiger partial charge on any atom is 0.233 e. The van der Waals surface area contributed by atoms with E-state index in [-0.39, 0.29) is 16.6 Å². The minimum atomic E-state index is -3.51. The molecule has 0 bridgehead atoms. The summed E-state index contributed by atoms with van der Waals surface area (Å²) in [5.41, 5.74) is 0. The molecule has 2 aromatic rings. The third kappa shape index (κ3) is 4.39. The van der Waals surface area contributed by atoms with Crippen LogP contribution in [0, 0.1) is 5.82 Å². The lowest BCUT2D eigenvalue weighted by Gasteiger charge is -2.31. The Morgan fingerprint density at radius 1 is 1.15 bits per heavy atom. The lowest BCUT2D eigenvalue weighted by atomic mass is 10.1. The number of hydrogen-bond acceptors (Lipinski definition) is 6. The maximum absolute atomic E-state index is 13.0. The second kappa shape index (κ2) is 8.13. The molecule has 26 heavy (non-hydrogen) atoms. The predicted octanol–water partition coefficient (Wildman–Crippen LogP) is 2.17. The van der Waals surface area contributed by atoms with Crippen LogP contribution >= 0.6 is 11.8 Å². The van der Waals surface area contributed by atoms with Crippen LogP contribution in [0.1, 0.15) is 12.8 Å². The average molecular weight is 395 g/mol. The first-order valence-electron chi connectivity index (χ1n) is 8.14. The molecule has 1 aromatic carbocycles. The van der Waals surface area contributed by atoms with Gasteiger partial charge in [-0.2, -0.15) is 0 Å². The Labute approximate surface area is 155 Å². The van der Waals surface area contributed by atoms with E-state index in [2.05, 4.69) is 9.97 Å². The van der Waals surface area contributed by atoms with Crippen molar-refractivity contribution in [2.75, 3.05) is 18.8 Å². The topological polar surface area (TPSA) is 80.2 Å². The first kappa shape index (κ1) is 18.8. The van der Waals surface area contributed by atoms with Crippen LogP contribution < -0.4 is 0 Å². The van der Waals surface area contributed by atoms with E-state index in [1.54, 1.807) is 23.4 Å². The van der Waals surface area contributed by atoms with Crippen LogP contribution in [0.15, 0.2) is 52.8 Å². The summed E-state index contributed by atoms with van der Waals surface area (Å²) in [7, 11) is -3.51. The molecule has 1 saturated heterocycles. The van der Waals surface area contributed by atoms with E-state index in [1.807, 2.05) is 0 Å². The van der Waals surface area contributed by atoms with E-state index >= 15 is 0 Å². The molecule has 2 heterocycles. The first-order chi connectivity index (χ1) is 12.5. The zero-order chi connectivity index (χ0) is 18.6. The van der Waals surface area contributed by atoms with Crippen LogP contribution in [0.5, 0.6) is 0 Å². The third-order valence-electron chi connectivity index (χ3n) is 4.24. The van der Waals surface area contributed by atoms with Gasteiger partial charge >= 0.3 is 0 Å². The largest absolute Gasteiger partial charge is 0.342 e. The highest BCUT2D eigenvalue weighted by Crippen LogP contribution is 2.25. The number of likely N-dealkylation sites (tertiary alicyclic amines) is 1. The lowest BCUT2D eigenvalue weighted by Crippen LogP contribution is -2.43. The molecule has 1 aliphatic heterocycles. The number of carbonyl (C=O) groups is 1. The number of sulfone groups is 1. The van der Waals surface area contributed by atoms with Crippen molar-refractivity contribution in [2.24, 2.45) is 0 Å². The summed E-state index contributed by atoms with van der Waals surface area (Å²) >= 11 is 1.26. The molecule has 6 nitrogen and oxygen atoms in total. The van der Waals surface area contributed by atoms with Crippen molar-refractivity contribution in [1.29, 1.82) is 0 Å². The van der Waals surface area contributed by atoms with Crippen molar-refractivity contribution >= 4 is 27.5 Å². The van der Waals surface area contributed by atoms with Crippen LogP contribution in [-0.4, -0.2) is 53.3 Å².